The molecule has 0 aliphatic carbocycles. The van der Waals surface area contributed by atoms with Crippen LogP contribution in [0.15, 0.2) is 58.6 Å². The van der Waals surface area contributed by atoms with Gasteiger partial charge in [-0.2, -0.15) is 0 Å². The van der Waals surface area contributed by atoms with Gasteiger partial charge >= 0.3 is 0 Å². The van der Waals surface area contributed by atoms with Crippen LogP contribution in [-0.4, -0.2) is 23.5 Å². The van der Waals surface area contributed by atoms with E-state index in [4.69, 9.17) is 17.0 Å². The highest BCUT2D eigenvalue weighted by Gasteiger charge is 2.34. The summed E-state index contributed by atoms with van der Waals surface area (Å²) < 4.78 is 6.33. The monoisotopic (exact) mass is 430 g/mol. The first kappa shape index (κ1) is 18.3. The van der Waals surface area contributed by atoms with Crippen molar-refractivity contribution in [2.75, 3.05) is 11.5 Å². The summed E-state index contributed by atoms with van der Waals surface area (Å²) in [5.41, 5.74) is 1.28. The molecule has 0 aromatic heterocycles. The quantitative estimate of drug-likeness (QED) is 0.456. The summed E-state index contributed by atoms with van der Waals surface area (Å²) in [7, 11) is 0. The first-order valence-electron chi connectivity index (χ1n) is 7.89. The number of benzene rings is 2. The lowest BCUT2D eigenvalue weighted by atomic mass is 10.1. The molecule has 0 atom stereocenters. The fourth-order valence-corrected chi connectivity index (χ4v) is 3.23. The van der Waals surface area contributed by atoms with E-state index in [1.165, 1.54) is 4.90 Å². The Labute approximate surface area is 164 Å². The van der Waals surface area contributed by atoms with Crippen LogP contribution < -0.4 is 15.0 Å². The van der Waals surface area contributed by atoms with E-state index in [1.54, 1.807) is 30.3 Å². The van der Waals surface area contributed by atoms with Gasteiger partial charge in [0.05, 0.1) is 12.3 Å². The third kappa shape index (κ3) is 3.84. The maximum absolute atomic E-state index is 13.0. The summed E-state index contributed by atoms with van der Waals surface area (Å²) in [5, 5.41) is 2.61. The Kier molecular flexibility index (Phi) is 5.49. The summed E-state index contributed by atoms with van der Waals surface area (Å²) in [6, 6.07) is 14.3. The van der Waals surface area contributed by atoms with E-state index in [-0.39, 0.29) is 10.7 Å². The number of anilines is 1. The molecule has 2 aromatic rings. The van der Waals surface area contributed by atoms with Crippen LogP contribution in [0.4, 0.5) is 5.69 Å². The highest BCUT2D eigenvalue weighted by molar-refractivity contribution is 9.10. The molecule has 0 bridgehead atoms. The van der Waals surface area contributed by atoms with Gasteiger partial charge in [0, 0.05) is 10.5 Å². The number of nitrogens with zero attached hydrogens (tertiary/aromatic N) is 1. The van der Waals surface area contributed by atoms with Crippen LogP contribution in [0, 0.1) is 0 Å². The van der Waals surface area contributed by atoms with E-state index >= 15 is 0 Å². The lowest BCUT2D eigenvalue weighted by Gasteiger charge is -2.29. The summed E-state index contributed by atoms with van der Waals surface area (Å²) in [6.07, 6.45) is 1.55. The second kappa shape index (κ2) is 7.80. The van der Waals surface area contributed by atoms with Gasteiger partial charge in [-0.1, -0.05) is 34.1 Å². The standard InChI is InChI=1S/C19H15BrN2O3S/c1-2-25-15-8-4-7-14(11-15)22-18(24)16(17(23)21-19(22)26)10-12-5-3-6-13(20)9-12/h3-11H,2H2,1H3,(H,21,23,26)/b16-10+. The Bertz CT molecular complexity index is 927. The molecular weight excluding hydrogens is 416 g/mol. The third-order valence-electron chi connectivity index (χ3n) is 3.65. The molecular formula is C19H15BrN2O3S. The first-order chi connectivity index (χ1) is 12.5. The maximum atomic E-state index is 13.0. The van der Waals surface area contributed by atoms with Crippen molar-refractivity contribution < 1.29 is 14.3 Å². The molecule has 1 heterocycles. The molecule has 5 nitrogen and oxygen atoms in total. The average Bonchev–Trinajstić information content (AvgIpc) is 2.59. The van der Waals surface area contributed by atoms with Gasteiger partial charge in [-0.05, 0) is 55.0 Å². The Morgan fingerprint density at radius 3 is 2.69 bits per heavy atom. The highest BCUT2D eigenvalue weighted by atomic mass is 79.9. The second-order valence-corrected chi connectivity index (χ2v) is 6.75. The molecule has 1 fully saturated rings. The number of nitrogens with one attached hydrogen (secondary N) is 1. The molecule has 0 radical (unpaired) electrons. The predicted molar refractivity (Wildman–Crippen MR) is 108 cm³/mol. The molecule has 2 aromatic carbocycles. The largest absolute Gasteiger partial charge is 0.494 e. The number of amides is 2. The van der Waals surface area contributed by atoms with Crippen LogP contribution in [0.1, 0.15) is 12.5 Å². The normalized spacial score (nSPS) is 16.0. The Morgan fingerprint density at radius 1 is 1.19 bits per heavy atom. The van der Waals surface area contributed by atoms with E-state index in [2.05, 4.69) is 21.2 Å². The number of thiocarbonyl (C=S) groups is 1. The van der Waals surface area contributed by atoms with E-state index in [0.717, 1.165) is 10.0 Å². The number of carbonyl (C=O) groups excluding carboxylic acids is 2. The van der Waals surface area contributed by atoms with Crippen molar-refractivity contribution >= 4 is 56.8 Å². The molecule has 1 aliphatic rings. The maximum Gasteiger partial charge on any atom is 0.270 e. The topological polar surface area (TPSA) is 58.6 Å². The van der Waals surface area contributed by atoms with Gasteiger partial charge in [0.15, 0.2) is 5.11 Å². The summed E-state index contributed by atoms with van der Waals surface area (Å²) >= 11 is 8.59. The average molecular weight is 431 g/mol. The zero-order valence-electron chi connectivity index (χ0n) is 13.9. The fraction of sp³-hybridized carbons (Fsp3) is 0.105. The van der Waals surface area contributed by atoms with Gasteiger partial charge in [0.2, 0.25) is 0 Å². The van der Waals surface area contributed by atoms with Crippen molar-refractivity contribution in [1.29, 1.82) is 0 Å². The Morgan fingerprint density at radius 2 is 1.96 bits per heavy atom. The van der Waals surface area contributed by atoms with Crippen LogP contribution in [0.5, 0.6) is 5.75 Å². The van der Waals surface area contributed by atoms with Crippen LogP contribution >= 0.6 is 28.1 Å². The van der Waals surface area contributed by atoms with Crippen molar-refractivity contribution in [3.63, 3.8) is 0 Å². The van der Waals surface area contributed by atoms with E-state index < -0.39 is 11.8 Å². The molecule has 1 N–H and O–H groups in total. The van der Waals surface area contributed by atoms with Crippen LogP contribution in [-0.2, 0) is 9.59 Å². The molecule has 7 heteroatoms. The lowest BCUT2D eigenvalue weighted by Crippen LogP contribution is -2.54. The van der Waals surface area contributed by atoms with Gasteiger partial charge in [-0.25, -0.2) is 0 Å². The smallest absolute Gasteiger partial charge is 0.270 e. The van der Waals surface area contributed by atoms with Crippen LogP contribution in [0.25, 0.3) is 6.08 Å². The Hall–Kier alpha value is -2.51. The zero-order valence-corrected chi connectivity index (χ0v) is 16.3. The second-order valence-electron chi connectivity index (χ2n) is 5.44. The fourth-order valence-electron chi connectivity index (χ4n) is 2.53. The predicted octanol–water partition coefficient (Wildman–Crippen LogP) is 3.68. The van der Waals surface area contributed by atoms with E-state index in [9.17, 15) is 9.59 Å². The Balaban J connectivity index is 1.99. The summed E-state index contributed by atoms with van der Waals surface area (Å²) in [6.45, 7) is 2.38. The molecule has 2 amide bonds. The van der Waals surface area contributed by atoms with Crippen molar-refractivity contribution in [1.82, 2.24) is 5.32 Å². The molecule has 1 aliphatic heterocycles. The van der Waals surface area contributed by atoms with E-state index in [0.29, 0.717) is 18.0 Å². The number of ether oxygens (including phenoxy) is 1. The minimum absolute atomic E-state index is 0.0125. The van der Waals surface area contributed by atoms with Crippen molar-refractivity contribution in [3.05, 3.63) is 64.1 Å². The van der Waals surface area contributed by atoms with Gasteiger partial charge in [-0.15, -0.1) is 0 Å². The molecule has 1 saturated heterocycles. The van der Waals surface area contributed by atoms with E-state index in [1.807, 2.05) is 31.2 Å². The van der Waals surface area contributed by atoms with Crippen molar-refractivity contribution in [3.8, 4) is 5.75 Å². The SMILES string of the molecule is CCOc1cccc(N2C(=O)/C(=C/c3cccc(Br)c3)C(=O)NC2=S)c1. The summed E-state index contributed by atoms with van der Waals surface area (Å²) in [4.78, 5) is 26.6. The number of rotatable bonds is 4. The van der Waals surface area contributed by atoms with Gasteiger partial charge in [0.25, 0.3) is 11.8 Å². The number of hydrogen-bond donors (Lipinski definition) is 1. The van der Waals surface area contributed by atoms with Gasteiger partial charge in [0.1, 0.15) is 11.3 Å². The summed E-state index contributed by atoms with van der Waals surface area (Å²) in [5.74, 6) is -0.375. The van der Waals surface area contributed by atoms with Crippen LogP contribution in [0.3, 0.4) is 0 Å². The van der Waals surface area contributed by atoms with Gasteiger partial charge in [-0.3, -0.25) is 19.8 Å². The van der Waals surface area contributed by atoms with Crippen molar-refractivity contribution in [2.45, 2.75) is 6.92 Å². The van der Waals surface area contributed by atoms with Gasteiger partial charge < -0.3 is 4.74 Å². The number of hydrogen-bond acceptors (Lipinski definition) is 4. The molecule has 3 rings (SSSR count). The number of carbonyl (C=O) groups is 2. The van der Waals surface area contributed by atoms with Crippen molar-refractivity contribution in [2.24, 2.45) is 0 Å². The minimum Gasteiger partial charge on any atom is -0.494 e. The molecule has 132 valence electrons. The lowest BCUT2D eigenvalue weighted by molar-refractivity contribution is -0.122. The number of halogens is 1. The molecule has 0 spiro atoms. The minimum atomic E-state index is -0.516. The molecule has 0 saturated carbocycles. The first-order valence-corrected chi connectivity index (χ1v) is 9.09. The van der Waals surface area contributed by atoms with Crippen LogP contribution in [0.2, 0.25) is 0 Å². The molecule has 0 unspecified atom stereocenters. The highest BCUT2D eigenvalue weighted by Crippen LogP contribution is 2.26. The third-order valence-corrected chi connectivity index (χ3v) is 4.43. The zero-order chi connectivity index (χ0) is 18.7. The molecule has 26 heavy (non-hydrogen) atoms.